The maximum absolute atomic E-state index is 5.82. The fourth-order valence-corrected chi connectivity index (χ4v) is 1.54. The quantitative estimate of drug-likeness (QED) is 0.541. The Hall–Kier alpha value is -0.530. The third-order valence-electron chi connectivity index (χ3n) is 1.92. The van der Waals surface area contributed by atoms with E-state index in [1.54, 1.807) is 0 Å². The highest BCUT2D eigenvalue weighted by Gasteiger charge is 2.15. The molecule has 0 aromatic heterocycles. The van der Waals surface area contributed by atoms with E-state index in [0.717, 1.165) is 6.42 Å². The van der Waals surface area contributed by atoms with E-state index >= 15 is 0 Å². The van der Waals surface area contributed by atoms with Crippen LogP contribution in [0.3, 0.4) is 0 Å². The summed E-state index contributed by atoms with van der Waals surface area (Å²) in [4.78, 5) is 0. The Kier molecular flexibility index (Phi) is 1.84. The Labute approximate surface area is 70.9 Å². The highest BCUT2D eigenvalue weighted by molar-refractivity contribution is 6.19. The number of ether oxygens (including phenoxy) is 1. The number of hydrogen-bond acceptors (Lipinski definition) is 1. The lowest BCUT2D eigenvalue weighted by Crippen LogP contribution is -2.16. The zero-order chi connectivity index (χ0) is 7.68. The van der Waals surface area contributed by atoms with Gasteiger partial charge in [-0.15, -0.1) is 0 Å². The molecule has 1 aliphatic heterocycles. The van der Waals surface area contributed by atoms with Crippen LogP contribution in [0.25, 0.3) is 0 Å². The Balaban J connectivity index is 2.34. The molecule has 1 aliphatic rings. The van der Waals surface area contributed by atoms with Gasteiger partial charge in [-0.2, -0.15) is 0 Å². The molecule has 58 valence electrons. The van der Waals surface area contributed by atoms with Crippen molar-refractivity contribution in [3.63, 3.8) is 0 Å². The summed E-state index contributed by atoms with van der Waals surface area (Å²) in [5.41, 5.74) is 2.45. The Bertz CT molecular complexity index is 259. The van der Waals surface area contributed by atoms with Gasteiger partial charge in [-0.05, 0) is 11.1 Å². The Morgan fingerprint density at radius 2 is 2.00 bits per heavy atom. The maximum Gasteiger partial charge on any atom is 0.135 e. The van der Waals surface area contributed by atoms with Gasteiger partial charge in [0.1, 0.15) is 5.56 Å². The van der Waals surface area contributed by atoms with Gasteiger partial charge in [0.25, 0.3) is 0 Å². The number of alkyl halides is 1. The first-order valence-electron chi connectivity index (χ1n) is 3.69. The Morgan fingerprint density at radius 3 is 2.82 bits per heavy atom. The van der Waals surface area contributed by atoms with Crippen LogP contribution in [0, 0.1) is 0 Å². The number of benzene rings is 1. The minimum atomic E-state index is -0.134. The van der Waals surface area contributed by atoms with Crippen molar-refractivity contribution in [3.8, 4) is 0 Å². The SMILES string of the molecule is ClC1Cc2ccccc2CO1. The van der Waals surface area contributed by atoms with E-state index in [-0.39, 0.29) is 5.56 Å². The minimum Gasteiger partial charge on any atom is -0.357 e. The molecule has 0 N–H and O–H groups in total. The molecule has 0 radical (unpaired) electrons. The minimum absolute atomic E-state index is 0.134. The zero-order valence-corrected chi connectivity index (χ0v) is 6.84. The summed E-state index contributed by atoms with van der Waals surface area (Å²) in [5, 5.41) is 0. The van der Waals surface area contributed by atoms with Gasteiger partial charge in [-0.25, -0.2) is 0 Å². The number of halogens is 1. The van der Waals surface area contributed by atoms with Crippen molar-refractivity contribution >= 4 is 11.6 Å². The summed E-state index contributed by atoms with van der Waals surface area (Å²) in [6.45, 7) is 0.657. The van der Waals surface area contributed by atoms with Crippen LogP contribution in [0.4, 0.5) is 0 Å². The molecule has 0 fully saturated rings. The molecule has 0 aliphatic carbocycles. The van der Waals surface area contributed by atoms with Crippen LogP contribution in [0.5, 0.6) is 0 Å². The lowest BCUT2D eigenvalue weighted by Gasteiger charge is -2.20. The molecule has 1 heterocycles. The molecule has 0 saturated heterocycles. The van der Waals surface area contributed by atoms with Crippen LogP contribution in [-0.4, -0.2) is 5.56 Å². The first kappa shape index (κ1) is 7.14. The van der Waals surface area contributed by atoms with Crippen LogP contribution in [0.1, 0.15) is 11.1 Å². The van der Waals surface area contributed by atoms with E-state index in [2.05, 4.69) is 12.1 Å². The van der Waals surface area contributed by atoms with E-state index in [9.17, 15) is 0 Å². The second-order valence-electron chi connectivity index (χ2n) is 2.69. The van der Waals surface area contributed by atoms with Gasteiger partial charge in [0.05, 0.1) is 6.61 Å². The van der Waals surface area contributed by atoms with Crippen molar-refractivity contribution < 1.29 is 4.74 Å². The fourth-order valence-electron chi connectivity index (χ4n) is 1.31. The second-order valence-corrected chi connectivity index (χ2v) is 3.18. The van der Waals surface area contributed by atoms with Gasteiger partial charge in [0, 0.05) is 6.42 Å². The van der Waals surface area contributed by atoms with Gasteiger partial charge >= 0.3 is 0 Å². The van der Waals surface area contributed by atoms with Crippen LogP contribution in [0.2, 0.25) is 0 Å². The first-order chi connectivity index (χ1) is 5.36. The molecule has 0 bridgehead atoms. The third-order valence-corrected chi connectivity index (χ3v) is 2.20. The predicted molar refractivity (Wildman–Crippen MR) is 44.6 cm³/mol. The van der Waals surface area contributed by atoms with E-state index in [1.807, 2.05) is 12.1 Å². The van der Waals surface area contributed by atoms with Gasteiger partial charge in [-0.3, -0.25) is 0 Å². The third kappa shape index (κ3) is 1.39. The number of rotatable bonds is 0. The van der Waals surface area contributed by atoms with Crippen molar-refractivity contribution in [3.05, 3.63) is 35.4 Å². The van der Waals surface area contributed by atoms with Gasteiger partial charge in [-0.1, -0.05) is 35.9 Å². The number of hydrogen-bond donors (Lipinski definition) is 0. The van der Waals surface area contributed by atoms with Crippen LogP contribution in [0.15, 0.2) is 24.3 Å². The summed E-state index contributed by atoms with van der Waals surface area (Å²) >= 11 is 5.82. The Morgan fingerprint density at radius 1 is 1.27 bits per heavy atom. The second kappa shape index (κ2) is 2.84. The average molecular weight is 169 g/mol. The first-order valence-corrected chi connectivity index (χ1v) is 4.12. The highest BCUT2D eigenvalue weighted by atomic mass is 35.5. The molecule has 1 nitrogen and oxygen atoms in total. The molecular formula is C9H9ClO. The summed E-state index contributed by atoms with van der Waals surface area (Å²) in [6, 6.07) is 8.25. The topological polar surface area (TPSA) is 9.23 Å². The summed E-state index contributed by atoms with van der Waals surface area (Å²) < 4.78 is 5.27. The number of fused-ring (bicyclic) bond motifs is 1. The summed E-state index contributed by atoms with van der Waals surface area (Å²) in [7, 11) is 0. The molecule has 1 aromatic rings. The molecular weight excluding hydrogens is 160 g/mol. The van der Waals surface area contributed by atoms with Crippen molar-refractivity contribution in [2.24, 2.45) is 0 Å². The normalized spacial score (nSPS) is 22.8. The summed E-state index contributed by atoms with van der Waals surface area (Å²) in [6.07, 6.45) is 0.831. The van der Waals surface area contributed by atoms with Gasteiger partial charge in [0.15, 0.2) is 0 Å². The predicted octanol–water partition coefficient (Wildman–Crippen LogP) is 2.32. The molecule has 2 heteroatoms. The molecule has 2 rings (SSSR count). The van der Waals surface area contributed by atoms with E-state index < -0.39 is 0 Å². The zero-order valence-electron chi connectivity index (χ0n) is 6.09. The van der Waals surface area contributed by atoms with Gasteiger partial charge < -0.3 is 4.74 Å². The van der Waals surface area contributed by atoms with Crippen LogP contribution >= 0.6 is 11.6 Å². The molecule has 1 aromatic carbocycles. The standard InChI is InChI=1S/C9H9ClO/c10-9-5-7-3-1-2-4-8(7)6-11-9/h1-4,9H,5-6H2. The van der Waals surface area contributed by atoms with E-state index in [0.29, 0.717) is 6.61 Å². The molecule has 1 atom stereocenters. The lowest BCUT2D eigenvalue weighted by atomic mass is 10.0. The maximum atomic E-state index is 5.82. The molecule has 0 saturated carbocycles. The fraction of sp³-hybridized carbons (Fsp3) is 0.333. The lowest BCUT2D eigenvalue weighted by molar-refractivity contribution is 0.0813. The van der Waals surface area contributed by atoms with Crippen LogP contribution < -0.4 is 0 Å². The van der Waals surface area contributed by atoms with Crippen molar-refractivity contribution in [1.29, 1.82) is 0 Å². The molecule has 1 unspecified atom stereocenters. The monoisotopic (exact) mass is 168 g/mol. The van der Waals surface area contributed by atoms with E-state index in [1.165, 1.54) is 11.1 Å². The smallest absolute Gasteiger partial charge is 0.135 e. The van der Waals surface area contributed by atoms with Crippen molar-refractivity contribution in [2.45, 2.75) is 18.6 Å². The largest absolute Gasteiger partial charge is 0.357 e. The molecule has 0 spiro atoms. The van der Waals surface area contributed by atoms with Gasteiger partial charge in [0.2, 0.25) is 0 Å². The van der Waals surface area contributed by atoms with Crippen molar-refractivity contribution in [1.82, 2.24) is 0 Å². The van der Waals surface area contributed by atoms with Crippen molar-refractivity contribution in [2.75, 3.05) is 0 Å². The molecule has 11 heavy (non-hydrogen) atoms. The average Bonchev–Trinajstić information content (AvgIpc) is 2.04. The highest BCUT2D eigenvalue weighted by Crippen LogP contribution is 2.21. The van der Waals surface area contributed by atoms with Crippen LogP contribution in [-0.2, 0) is 17.8 Å². The summed E-state index contributed by atoms with van der Waals surface area (Å²) in [5.74, 6) is 0. The molecule has 0 amide bonds. The van der Waals surface area contributed by atoms with E-state index in [4.69, 9.17) is 16.3 Å².